The third-order valence-corrected chi connectivity index (χ3v) is 2.71. The lowest BCUT2D eigenvalue weighted by atomic mass is 10.2. The van der Waals surface area contributed by atoms with Crippen molar-refractivity contribution in [1.29, 1.82) is 0 Å². The Morgan fingerprint density at radius 2 is 2.21 bits per heavy atom. The first kappa shape index (κ1) is 9.40. The Labute approximate surface area is 87.4 Å². The van der Waals surface area contributed by atoms with Crippen LogP contribution in [-0.2, 0) is 0 Å². The number of nitrogens with zero attached hydrogens (tertiary/aromatic N) is 3. The van der Waals surface area contributed by atoms with Crippen LogP contribution >= 0.6 is 11.3 Å². The van der Waals surface area contributed by atoms with Gasteiger partial charge in [-0.05, 0) is 26.3 Å². The van der Waals surface area contributed by atoms with E-state index in [1.54, 1.807) is 11.3 Å². The molecule has 0 bridgehead atoms. The maximum Gasteiger partial charge on any atom is 0.114 e. The predicted octanol–water partition coefficient (Wildman–Crippen LogP) is 2.90. The molecule has 3 nitrogen and oxygen atoms in total. The SMILES string of the molecule is Cc1cn(C(C)C)nc1-c1cscn1. The van der Waals surface area contributed by atoms with E-state index in [1.165, 1.54) is 5.56 Å². The first-order valence-corrected chi connectivity index (χ1v) is 5.57. The van der Waals surface area contributed by atoms with Crippen molar-refractivity contribution in [2.75, 3.05) is 0 Å². The molecule has 74 valence electrons. The zero-order chi connectivity index (χ0) is 10.1. The minimum Gasteiger partial charge on any atom is -0.269 e. The highest BCUT2D eigenvalue weighted by molar-refractivity contribution is 7.07. The predicted molar refractivity (Wildman–Crippen MR) is 58.5 cm³/mol. The van der Waals surface area contributed by atoms with Crippen LogP contribution in [0.4, 0.5) is 0 Å². The van der Waals surface area contributed by atoms with E-state index < -0.39 is 0 Å². The van der Waals surface area contributed by atoms with Crippen molar-refractivity contribution >= 4 is 11.3 Å². The summed E-state index contributed by atoms with van der Waals surface area (Å²) in [6.45, 7) is 6.31. The molecular formula is C10H13N3S. The minimum atomic E-state index is 0.404. The molecule has 0 amide bonds. The van der Waals surface area contributed by atoms with E-state index in [4.69, 9.17) is 0 Å². The molecule has 2 heterocycles. The van der Waals surface area contributed by atoms with E-state index in [0.29, 0.717) is 6.04 Å². The van der Waals surface area contributed by atoms with Crippen molar-refractivity contribution in [2.24, 2.45) is 0 Å². The van der Waals surface area contributed by atoms with Gasteiger partial charge in [0.15, 0.2) is 0 Å². The summed E-state index contributed by atoms with van der Waals surface area (Å²) in [7, 11) is 0. The molecule has 14 heavy (non-hydrogen) atoms. The summed E-state index contributed by atoms with van der Waals surface area (Å²) < 4.78 is 1.98. The van der Waals surface area contributed by atoms with Crippen LogP contribution in [0.1, 0.15) is 25.5 Å². The van der Waals surface area contributed by atoms with Crippen molar-refractivity contribution in [3.63, 3.8) is 0 Å². The summed E-state index contributed by atoms with van der Waals surface area (Å²) in [5.41, 5.74) is 5.00. The normalized spacial score (nSPS) is 11.1. The van der Waals surface area contributed by atoms with Gasteiger partial charge in [0.2, 0.25) is 0 Å². The zero-order valence-corrected chi connectivity index (χ0v) is 9.38. The largest absolute Gasteiger partial charge is 0.269 e. The molecule has 2 aromatic rings. The average molecular weight is 207 g/mol. The Morgan fingerprint density at radius 1 is 1.43 bits per heavy atom. The van der Waals surface area contributed by atoms with E-state index in [0.717, 1.165) is 11.4 Å². The Balaban J connectivity index is 2.45. The molecule has 2 aromatic heterocycles. The van der Waals surface area contributed by atoms with Gasteiger partial charge in [0.1, 0.15) is 11.4 Å². The van der Waals surface area contributed by atoms with Gasteiger partial charge in [0.05, 0.1) is 5.51 Å². The molecule has 0 aromatic carbocycles. The van der Waals surface area contributed by atoms with Gasteiger partial charge in [-0.2, -0.15) is 5.10 Å². The second-order valence-electron chi connectivity index (χ2n) is 3.61. The van der Waals surface area contributed by atoms with Crippen LogP contribution in [0.2, 0.25) is 0 Å². The molecule has 0 unspecified atom stereocenters. The quantitative estimate of drug-likeness (QED) is 0.758. The van der Waals surface area contributed by atoms with E-state index in [2.05, 4.69) is 37.1 Å². The van der Waals surface area contributed by atoms with Gasteiger partial charge >= 0.3 is 0 Å². The molecule has 0 fully saturated rings. The Hall–Kier alpha value is -1.16. The molecular weight excluding hydrogens is 194 g/mol. The molecule has 0 saturated heterocycles. The van der Waals surface area contributed by atoms with Crippen LogP contribution in [0, 0.1) is 6.92 Å². The highest BCUT2D eigenvalue weighted by Gasteiger charge is 2.10. The van der Waals surface area contributed by atoms with E-state index in [-0.39, 0.29) is 0 Å². The molecule has 0 saturated carbocycles. The first-order valence-electron chi connectivity index (χ1n) is 4.63. The topological polar surface area (TPSA) is 30.7 Å². The van der Waals surface area contributed by atoms with Gasteiger partial charge in [-0.25, -0.2) is 4.98 Å². The molecule has 4 heteroatoms. The second-order valence-corrected chi connectivity index (χ2v) is 4.33. The monoisotopic (exact) mass is 207 g/mol. The smallest absolute Gasteiger partial charge is 0.114 e. The van der Waals surface area contributed by atoms with Gasteiger partial charge in [0.25, 0.3) is 0 Å². The third kappa shape index (κ3) is 1.57. The van der Waals surface area contributed by atoms with Crippen LogP contribution < -0.4 is 0 Å². The maximum absolute atomic E-state index is 4.51. The van der Waals surface area contributed by atoms with Gasteiger partial charge in [0, 0.05) is 17.6 Å². The first-order chi connectivity index (χ1) is 6.68. The molecule has 0 aliphatic carbocycles. The molecule has 2 rings (SSSR count). The van der Waals surface area contributed by atoms with E-state index in [1.807, 2.05) is 15.6 Å². The van der Waals surface area contributed by atoms with Crippen molar-refractivity contribution in [2.45, 2.75) is 26.8 Å². The lowest BCUT2D eigenvalue weighted by molar-refractivity contribution is 0.533. The summed E-state index contributed by atoms with van der Waals surface area (Å²) in [5, 5.41) is 6.54. The molecule has 0 aliphatic rings. The molecule has 0 N–H and O–H groups in total. The highest BCUT2D eigenvalue weighted by atomic mass is 32.1. The molecule has 0 spiro atoms. The Bertz CT molecular complexity index is 415. The standard InChI is InChI=1S/C10H13N3S/c1-7(2)13-4-8(3)10(12-13)9-5-14-6-11-9/h4-7H,1-3H3. The van der Waals surface area contributed by atoms with Crippen LogP contribution in [0.3, 0.4) is 0 Å². The van der Waals surface area contributed by atoms with Crippen molar-refractivity contribution < 1.29 is 0 Å². The summed E-state index contributed by atoms with van der Waals surface area (Å²) >= 11 is 1.60. The number of thiazole rings is 1. The van der Waals surface area contributed by atoms with E-state index >= 15 is 0 Å². The van der Waals surface area contributed by atoms with Crippen LogP contribution in [-0.4, -0.2) is 14.8 Å². The Kier molecular flexibility index (Phi) is 2.37. The number of rotatable bonds is 2. The van der Waals surface area contributed by atoms with Gasteiger partial charge < -0.3 is 0 Å². The minimum absolute atomic E-state index is 0.404. The Morgan fingerprint density at radius 3 is 2.71 bits per heavy atom. The van der Waals surface area contributed by atoms with Gasteiger partial charge in [-0.15, -0.1) is 11.3 Å². The second kappa shape index (κ2) is 3.53. The lowest BCUT2D eigenvalue weighted by Gasteiger charge is -2.02. The van der Waals surface area contributed by atoms with Crippen molar-refractivity contribution in [3.05, 3.63) is 22.7 Å². The van der Waals surface area contributed by atoms with Crippen LogP contribution in [0.15, 0.2) is 17.1 Å². The van der Waals surface area contributed by atoms with Crippen LogP contribution in [0.5, 0.6) is 0 Å². The average Bonchev–Trinajstić information content (AvgIpc) is 2.71. The molecule has 0 radical (unpaired) electrons. The summed E-state index contributed by atoms with van der Waals surface area (Å²) in [4.78, 5) is 4.26. The highest BCUT2D eigenvalue weighted by Crippen LogP contribution is 2.22. The van der Waals surface area contributed by atoms with E-state index in [9.17, 15) is 0 Å². The molecule has 0 aliphatic heterocycles. The zero-order valence-electron chi connectivity index (χ0n) is 8.56. The fraction of sp³-hybridized carbons (Fsp3) is 0.400. The molecule has 0 atom stereocenters. The maximum atomic E-state index is 4.51. The van der Waals surface area contributed by atoms with Gasteiger partial charge in [-0.3, -0.25) is 4.68 Å². The van der Waals surface area contributed by atoms with Crippen LogP contribution in [0.25, 0.3) is 11.4 Å². The van der Waals surface area contributed by atoms with Crippen molar-refractivity contribution in [3.8, 4) is 11.4 Å². The number of aromatic nitrogens is 3. The lowest BCUT2D eigenvalue weighted by Crippen LogP contribution is -2.00. The summed E-state index contributed by atoms with van der Waals surface area (Å²) in [5.74, 6) is 0. The summed E-state index contributed by atoms with van der Waals surface area (Å²) in [6.07, 6.45) is 2.07. The number of hydrogen-bond acceptors (Lipinski definition) is 3. The third-order valence-electron chi connectivity index (χ3n) is 2.12. The fourth-order valence-electron chi connectivity index (χ4n) is 1.33. The number of aryl methyl sites for hydroxylation is 1. The van der Waals surface area contributed by atoms with Gasteiger partial charge in [-0.1, -0.05) is 0 Å². The van der Waals surface area contributed by atoms with Crippen molar-refractivity contribution in [1.82, 2.24) is 14.8 Å². The number of hydrogen-bond donors (Lipinski definition) is 0. The fourth-order valence-corrected chi connectivity index (χ4v) is 1.87. The summed E-state index contributed by atoms with van der Waals surface area (Å²) in [6, 6.07) is 0.404.